The van der Waals surface area contributed by atoms with E-state index in [9.17, 15) is 20.2 Å². The molecule has 0 saturated heterocycles. The van der Waals surface area contributed by atoms with E-state index in [1.54, 1.807) is 0 Å². The van der Waals surface area contributed by atoms with Gasteiger partial charge in [0.1, 0.15) is 0 Å². The summed E-state index contributed by atoms with van der Waals surface area (Å²) in [5, 5.41) is 20.8. The van der Waals surface area contributed by atoms with E-state index in [4.69, 9.17) is 34.7 Å². The molecule has 116 valence electrons. The van der Waals surface area contributed by atoms with E-state index >= 15 is 0 Å². The molecule has 0 radical (unpaired) electrons. The van der Waals surface area contributed by atoms with Crippen LogP contribution in [0.1, 0.15) is 0 Å². The summed E-state index contributed by atoms with van der Waals surface area (Å²) in [6, 6.07) is 7.86. The van der Waals surface area contributed by atoms with Crippen molar-refractivity contribution in [1.29, 1.82) is 0 Å². The fourth-order valence-electron chi connectivity index (χ4n) is 1.26. The molecule has 0 fully saturated rings. The second-order valence-electron chi connectivity index (χ2n) is 3.93. The molecule has 0 saturated carbocycles. The highest BCUT2D eigenvalue weighted by atomic mass is 35.5. The molecular formula is C12H10Cl2N4O4. The van der Waals surface area contributed by atoms with Crippen LogP contribution in [0.3, 0.4) is 0 Å². The average Bonchev–Trinajstić information content (AvgIpc) is 2.45. The lowest BCUT2D eigenvalue weighted by molar-refractivity contribution is -0.385. The van der Waals surface area contributed by atoms with Gasteiger partial charge in [0.05, 0.1) is 31.3 Å². The van der Waals surface area contributed by atoms with Crippen molar-refractivity contribution < 1.29 is 9.85 Å². The molecule has 8 nitrogen and oxygen atoms in total. The quantitative estimate of drug-likeness (QED) is 0.484. The summed E-state index contributed by atoms with van der Waals surface area (Å²) < 4.78 is 0. The lowest BCUT2D eigenvalue weighted by Crippen LogP contribution is -1.90. The molecule has 2 aromatic rings. The Bertz CT molecular complexity index is 663. The standard InChI is InChI=1S/2C6H5ClN2O2/c2*7-5-3-4(9(10)11)1-2-6(5)8/h2*1-3H,8H2. The van der Waals surface area contributed by atoms with Crippen molar-refractivity contribution in [3.8, 4) is 0 Å². The Morgan fingerprint density at radius 3 is 1.32 bits per heavy atom. The average molecular weight is 345 g/mol. The third-order valence-electron chi connectivity index (χ3n) is 2.39. The minimum Gasteiger partial charge on any atom is -0.398 e. The van der Waals surface area contributed by atoms with E-state index < -0.39 is 9.85 Å². The lowest BCUT2D eigenvalue weighted by Gasteiger charge is -1.95. The van der Waals surface area contributed by atoms with Gasteiger partial charge in [0, 0.05) is 24.3 Å². The van der Waals surface area contributed by atoms with E-state index in [0.29, 0.717) is 11.4 Å². The summed E-state index contributed by atoms with van der Waals surface area (Å²) in [5.74, 6) is 0. The Labute approximate surface area is 134 Å². The van der Waals surface area contributed by atoms with E-state index in [0.717, 1.165) is 0 Å². The second kappa shape index (κ2) is 7.43. The zero-order chi connectivity index (χ0) is 16.9. The number of nitrogen functional groups attached to an aromatic ring is 2. The number of hydrogen-bond donors (Lipinski definition) is 2. The second-order valence-corrected chi connectivity index (χ2v) is 4.74. The molecule has 0 aliphatic rings. The predicted molar refractivity (Wildman–Crippen MR) is 85.0 cm³/mol. The maximum atomic E-state index is 10.2. The minimum atomic E-state index is -0.522. The number of non-ortho nitro benzene ring substituents is 2. The molecule has 0 atom stereocenters. The van der Waals surface area contributed by atoms with Crippen molar-refractivity contribution in [2.75, 3.05) is 11.5 Å². The highest BCUT2D eigenvalue weighted by Gasteiger charge is 2.07. The fraction of sp³-hybridized carbons (Fsp3) is 0. The first-order valence-corrected chi connectivity index (χ1v) is 6.36. The lowest BCUT2D eigenvalue weighted by atomic mass is 10.3. The maximum Gasteiger partial charge on any atom is 0.271 e. The first-order chi connectivity index (χ1) is 10.2. The molecule has 10 heteroatoms. The van der Waals surface area contributed by atoms with Gasteiger partial charge in [0.2, 0.25) is 0 Å². The van der Waals surface area contributed by atoms with Gasteiger partial charge in [-0.1, -0.05) is 23.2 Å². The summed E-state index contributed by atoms with van der Waals surface area (Å²) >= 11 is 11.1. The number of nitro benzene ring substituents is 2. The molecule has 0 unspecified atom stereocenters. The van der Waals surface area contributed by atoms with Gasteiger partial charge < -0.3 is 11.5 Å². The molecule has 0 aliphatic carbocycles. The Kier molecular flexibility index (Phi) is 5.90. The molecule has 2 rings (SSSR count). The van der Waals surface area contributed by atoms with Crippen LogP contribution in [0.4, 0.5) is 22.7 Å². The number of nitrogens with zero attached hydrogens (tertiary/aromatic N) is 2. The molecular weight excluding hydrogens is 335 g/mol. The topological polar surface area (TPSA) is 138 Å². The number of anilines is 2. The van der Waals surface area contributed by atoms with Crippen LogP contribution in [0.15, 0.2) is 36.4 Å². The number of halogens is 2. The molecule has 0 bridgehead atoms. The van der Waals surface area contributed by atoms with E-state index in [-0.39, 0.29) is 21.4 Å². The number of hydrogen-bond acceptors (Lipinski definition) is 6. The third-order valence-corrected chi connectivity index (χ3v) is 3.04. The molecule has 0 spiro atoms. The number of rotatable bonds is 2. The molecule has 0 aromatic heterocycles. The van der Waals surface area contributed by atoms with E-state index in [1.807, 2.05) is 0 Å². The zero-order valence-corrected chi connectivity index (χ0v) is 12.4. The maximum absolute atomic E-state index is 10.2. The molecule has 0 amide bonds. The highest BCUT2D eigenvalue weighted by Crippen LogP contribution is 2.24. The predicted octanol–water partition coefficient (Wildman–Crippen LogP) is 3.66. The fourth-order valence-corrected chi connectivity index (χ4v) is 1.61. The van der Waals surface area contributed by atoms with Crippen LogP contribution in [0, 0.1) is 20.2 Å². The van der Waals surface area contributed by atoms with Crippen molar-refractivity contribution in [2.45, 2.75) is 0 Å². The van der Waals surface area contributed by atoms with Gasteiger partial charge in [-0.3, -0.25) is 20.2 Å². The van der Waals surface area contributed by atoms with Crippen molar-refractivity contribution >= 4 is 46.0 Å². The summed E-state index contributed by atoms with van der Waals surface area (Å²) in [6.45, 7) is 0. The zero-order valence-electron chi connectivity index (χ0n) is 10.9. The third kappa shape index (κ3) is 4.76. The number of nitrogens with two attached hydrogens (primary N) is 2. The monoisotopic (exact) mass is 344 g/mol. The highest BCUT2D eigenvalue weighted by molar-refractivity contribution is 6.33. The smallest absolute Gasteiger partial charge is 0.271 e. The largest absolute Gasteiger partial charge is 0.398 e. The first-order valence-electron chi connectivity index (χ1n) is 5.61. The van der Waals surface area contributed by atoms with Gasteiger partial charge in [-0.25, -0.2) is 0 Å². The van der Waals surface area contributed by atoms with Gasteiger partial charge in [-0.05, 0) is 12.1 Å². The van der Waals surface area contributed by atoms with Gasteiger partial charge in [-0.15, -0.1) is 0 Å². The Hall–Kier alpha value is -2.58. The molecule has 0 aliphatic heterocycles. The normalized spacial score (nSPS) is 9.55. The Morgan fingerprint density at radius 1 is 0.773 bits per heavy atom. The van der Waals surface area contributed by atoms with Gasteiger partial charge in [-0.2, -0.15) is 0 Å². The minimum absolute atomic E-state index is 0.0517. The van der Waals surface area contributed by atoms with Gasteiger partial charge in [0.25, 0.3) is 11.4 Å². The molecule has 0 heterocycles. The van der Waals surface area contributed by atoms with Crippen LogP contribution >= 0.6 is 23.2 Å². The van der Waals surface area contributed by atoms with E-state index in [1.165, 1.54) is 36.4 Å². The van der Waals surface area contributed by atoms with Crippen LogP contribution in [-0.4, -0.2) is 9.85 Å². The van der Waals surface area contributed by atoms with Crippen molar-refractivity contribution in [2.24, 2.45) is 0 Å². The molecule has 4 N–H and O–H groups in total. The van der Waals surface area contributed by atoms with Crippen molar-refractivity contribution in [3.63, 3.8) is 0 Å². The summed E-state index contributed by atoms with van der Waals surface area (Å²) in [5.41, 5.74) is 11.3. The van der Waals surface area contributed by atoms with Crippen molar-refractivity contribution in [1.82, 2.24) is 0 Å². The summed E-state index contributed by atoms with van der Waals surface area (Å²) in [7, 11) is 0. The Balaban J connectivity index is 0.000000220. The van der Waals surface area contributed by atoms with E-state index in [2.05, 4.69) is 0 Å². The summed E-state index contributed by atoms with van der Waals surface area (Å²) in [6.07, 6.45) is 0. The van der Waals surface area contributed by atoms with Crippen LogP contribution in [-0.2, 0) is 0 Å². The SMILES string of the molecule is Nc1ccc([N+](=O)[O-])cc1Cl.Nc1ccc([N+](=O)[O-])cc1Cl. The number of benzene rings is 2. The van der Waals surface area contributed by atoms with Crippen LogP contribution < -0.4 is 11.5 Å². The van der Waals surface area contributed by atoms with Gasteiger partial charge >= 0.3 is 0 Å². The van der Waals surface area contributed by atoms with Crippen molar-refractivity contribution in [3.05, 3.63) is 66.7 Å². The number of nitro groups is 2. The van der Waals surface area contributed by atoms with Gasteiger partial charge in [0.15, 0.2) is 0 Å². The molecule has 22 heavy (non-hydrogen) atoms. The van der Waals surface area contributed by atoms with Crippen LogP contribution in [0.25, 0.3) is 0 Å². The van der Waals surface area contributed by atoms with Crippen LogP contribution in [0.2, 0.25) is 10.0 Å². The Morgan fingerprint density at radius 2 is 1.09 bits per heavy atom. The first kappa shape index (κ1) is 17.5. The van der Waals surface area contributed by atoms with Crippen LogP contribution in [0.5, 0.6) is 0 Å². The summed E-state index contributed by atoms with van der Waals surface area (Å²) in [4.78, 5) is 19.3. The molecule has 2 aromatic carbocycles.